The lowest BCUT2D eigenvalue weighted by Crippen LogP contribution is -2.63. The monoisotopic (exact) mass is 1950 g/mol. The van der Waals surface area contributed by atoms with Crippen LogP contribution in [0.25, 0.3) is 0 Å². The zero-order valence-electron chi connectivity index (χ0n) is 73.3. The Labute approximate surface area is 793 Å². The summed E-state index contributed by atoms with van der Waals surface area (Å²) in [5.74, 6) is -9.07. The Bertz CT molecular complexity index is 5910. The predicted molar refractivity (Wildman–Crippen MR) is 494 cm³/mol. The number of carbonyl (C=O) groups excluding carboxylic acids is 7. The normalized spacial score (nSPS) is 35.4. The summed E-state index contributed by atoms with van der Waals surface area (Å²) in [6, 6.07) is 26.8. The van der Waals surface area contributed by atoms with Crippen LogP contribution in [0.5, 0.6) is 0 Å². The zero-order chi connectivity index (χ0) is 93.5. The number of hydrogen-bond acceptors (Lipinski definition) is 14. The number of aliphatic carboxylic acids is 2. The van der Waals surface area contributed by atoms with Crippen molar-refractivity contribution in [2.45, 2.75) is 303 Å². The number of alkyl halides is 1. The molecule has 702 valence electrons. The summed E-state index contributed by atoms with van der Waals surface area (Å²) in [5, 5.41) is 50.7. The van der Waals surface area contributed by atoms with Crippen molar-refractivity contribution >= 4 is 150 Å². The maximum atomic E-state index is 16.2. The number of ketones is 1. The molecule has 18 aliphatic rings. The van der Waals surface area contributed by atoms with Crippen molar-refractivity contribution in [1.82, 2.24) is 31.9 Å². The summed E-state index contributed by atoms with van der Waals surface area (Å²) < 4.78 is 87.6. The Morgan fingerprint density at radius 2 is 0.659 bits per heavy atom. The first-order chi connectivity index (χ1) is 62.6. The Morgan fingerprint density at radius 1 is 0.386 bits per heavy atom. The standard InChI is InChI=1S/C34H38Cl2FN3O5S.C33H35Cl2F2N3O4.C32H34Cl2FN3O4/c1-46(44,45)19-25(41)31-12-15-32(16-13-31,17-14-31)40-29(42)28-26(21-6-5-7-23(36)27(21)37)34(33(39-28)10-3-2-4-11-33)22-9-8-20(35)18-24(22)38-30(34)43;1-29(37)7-15-32(16-8-29)33(20-6-5-18(34)17-22(20)38-27(33)42)23(19-3-2-4-21(35)24(19)36)25(39-32)26(41)40-31-12-9-30(10-13-31,11-14-31)28(43)44;33-18-7-8-20-22(17-18)36-27(40)32(20)23(19-5-4-6-21(34)24(19)35)25(37-31(32)9-2-1-3-10-31)26(39)38-30-14-11-29(12-15-30,13-16-30)28(41)42/h5-9,18,26,28,39H,2-4,10-17,19H2,1H3,(H,38,43)(H,40,42);2-6,17,23,25,39H,7-16H2,1H3,(H,38,42)(H,40,41)(H,43,44);4-8,17,23,25,37H,1-3,9-16H2,(H,36,40)(H,38,39)(H,41,42)/t26-,28+,31?,32?,34+;23-,25+,29?,30?,31?,32?,33+;23-,25+,29?,30?,32+/m000/s1. The smallest absolute Gasteiger partial charge is 0.309 e. The molecule has 12 aliphatic carbocycles. The maximum absolute atomic E-state index is 16.2. The summed E-state index contributed by atoms with van der Waals surface area (Å²) in [4.78, 5) is 124. The van der Waals surface area contributed by atoms with Crippen LogP contribution in [0.15, 0.2) is 109 Å². The van der Waals surface area contributed by atoms with Gasteiger partial charge in [0.25, 0.3) is 0 Å². The number of Topliss-reactive ketones (excluding diaryl/α,β-unsaturated/α-hetero) is 1. The van der Waals surface area contributed by atoms with Crippen LogP contribution in [0.1, 0.15) is 264 Å². The number of anilines is 3. The highest BCUT2D eigenvalue weighted by atomic mass is 35.5. The third-order valence-corrected chi connectivity index (χ3v) is 37.5. The average molecular weight is 1950 g/mol. The Balaban J connectivity index is 0.000000128. The first-order valence-corrected chi connectivity index (χ1v) is 50.7. The van der Waals surface area contributed by atoms with E-state index in [-0.39, 0.29) is 92.8 Å². The van der Waals surface area contributed by atoms with Gasteiger partial charge in [-0.1, -0.05) is 163 Å². The molecule has 6 heterocycles. The van der Waals surface area contributed by atoms with E-state index >= 15 is 17.6 Å². The molecule has 6 spiro atoms. The van der Waals surface area contributed by atoms with Gasteiger partial charge in [0.1, 0.15) is 45.1 Å². The van der Waals surface area contributed by atoms with Crippen LogP contribution in [0, 0.1) is 33.7 Å². The van der Waals surface area contributed by atoms with Gasteiger partial charge in [0, 0.05) is 94.8 Å². The van der Waals surface area contributed by atoms with Crippen LogP contribution in [0.4, 0.5) is 34.6 Å². The quantitative estimate of drug-likeness (QED) is 0.0451. The number of benzene rings is 6. The van der Waals surface area contributed by atoms with Gasteiger partial charge in [-0.05, 0) is 262 Å². The first kappa shape index (κ1) is 93.1. The topological polar surface area (TPSA) is 336 Å². The number of amides is 6. The first-order valence-electron chi connectivity index (χ1n) is 46.4. The molecular formula is C99H107Cl6F4N9O13S. The van der Waals surface area contributed by atoms with Gasteiger partial charge in [-0.2, -0.15) is 0 Å². The number of halogens is 10. The predicted octanol–water partition coefficient (Wildman–Crippen LogP) is 18.1. The van der Waals surface area contributed by atoms with E-state index in [4.69, 9.17) is 69.6 Å². The molecule has 15 fully saturated rings. The van der Waals surface area contributed by atoms with Gasteiger partial charge in [-0.3, -0.25) is 59.1 Å². The number of nitrogens with one attached hydrogen (secondary N) is 9. The van der Waals surface area contributed by atoms with Crippen molar-refractivity contribution in [3.63, 3.8) is 0 Å². The van der Waals surface area contributed by atoms with E-state index in [9.17, 15) is 61.8 Å². The van der Waals surface area contributed by atoms with E-state index in [1.54, 1.807) is 85.8 Å². The molecule has 6 bridgehead atoms. The number of fused-ring (bicyclic) bond motifs is 18. The summed E-state index contributed by atoms with van der Waals surface area (Å²) >= 11 is 38.1. The fourth-order valence-electron chi connectivity index (χ4n) is 28.3. The molecule has 11 N–H and O–H groups in total. The Hall–Kier alpha value is -7.96. The third-order valence-electron chi connectivity index (χ3n) is 35.2. The fraction of sp³-hybridized carbons (Fsp3) is 0.545. The summed E-state index contributed by atoms with van der Waals surface area (Å²) in [6.07, 6.45) is 19.2. The van der Waals surface area contributed by atoms with Crippen LogP contribution >= 0.6 is 69.6 Å². The second-order valence-electron chi connectivity index (χ2n) is 41.6. The highest BCUT2D eigenvalue weighted by Crippen LogP contribution is 2.69. The second-order valence-corrected chi connectivity index (χ2v) is 46.3. The molecule has 0 radical (unpaired) electrons. The van der Waals surface area contributed by atoms with E-state index in [1.807, 2.05) is 12.1 Å². The van der Waals surface area contributed by atoms with Gasteiger partial charge in [-0.15, -0.1) is 0 Å². The van der Waals surface area contributed by atoms with Crippen molar-refractivity contribution in [3.05, 3.63) is 190 Å². The van der Waals surface area contributed by atoms with Crippen LogP contribution in [-0.4, -0.2) is 141 Å². The zero-order valence-corrected chi connectivity index (χ0v) is 78.6. The van der Waals surface area contributed by atoms with Crippen molar-refractivity contribution in [3.8, 4) is 0 Å². The van der Waals surface area contributed by atoms with Crippen LogP contribution < -0.4 is 47.9 Å². The van der Waals surface area contributed by atoms with Gasteiger partial charge in [-0.25, -0.2) is 26.0 Å². The molecule has 3 saturated heterocycles. The molecule has 6 aromatic rings. The number of carbonyl (C=O) groups is 9. The second kappa shape index (κ2) is 33.2. The minimum Gasteiger partial charge on any atom is -0.481 e. The van der Waals surface area contributed by atoms with E-state index in [0.717, 1.165) is 44.8 Å². The highest BCUT2D eigenvalue weighted by Gasteiger charge is 2.77. The van der Waals surface area contributed by atoms with E-state index in [0.29, 0.717) is 190 Å². The van der Waals surface area contributed by atoms with Gasteiger partial charge in [0.05, 0.1) is 44.0 Å². The SMILES string of the molecule is CC1(F)CCC2(CC1)N[C@@H](C(=O)NC13CCC(C(=O)O)(CC1)CC3)[C@H](c1cccc(Cl)c1F)[C@]21C(=O)Nc2cc(Cl)ccc21.CS(=O)(=O)CC(=O)C12CCC(NC(=O)[C@@H]3NC4(CCCCC4)[C@@]4(C(=O)Nc5cc(Cl)ccc54)[C@H]3c3cccc(Cl)c3F)(CC1)CC2.O=C(NC12CCC(C(=O)O)(CC1)CC2)[C@@H]1NC2(CCCCC2)[C@@]2(C(=O)Nc3cc(Cl)ccc32)[C@H]1c1cccc(Cl)c1F. The van der Waals surface area contributed by atoms with Gasteiger partial charge in [0.15, 0.2) is 15.6 Å². The molecule has 6 aromatic carbocycles. The largest absolute Gasteiger partial charge is 0.481 e. The number of carboxylic acid groups (broad SMARTS) is 2. The summed E-state index contributed by atoms with van der Waals surface area (Å²) in [6.45, 7) is 1.55. The lowest BCUT2D eigenvalue weighted by atomic mass is 9.54. The van der Waals surface area contributed by atoms with E-state index in [2.05, 4.69) is 47.9 Å². The number of sulfone groups is 1. The van der Waals surface area contributed by atoms with Crippen molar-refractivity contribution in [2.24, 2.45) is 16.2 Å². The van der Waals surface area contributed by atoms with Gasteiger partial charge >= 0.3 is 11.9 Å². The molecular weight excluding hydrogens is 1840 g/mol. The molecule has 132 heavy (non-hydrogen) atoms. The molecule has 12 saturated carbocycles. The molecule has 33 heteroatoms. The van der Waals surface area contributed by atoms with E-state index in [1.165, 1.54) is 18.2 Å². The number of rotatable bonds is 14. The lowest BCUT2D eigenvalue weighted by Gasteiger charge is -2.53. The van der Waals surface area contributed by atoms with E-state index < -0.39 is 158 Å². The highest BCUT2D eigenvalue weighted by molar-refractivity contribution is 7.91. The third kappa shape index (κ3) is 14.4. The number of carboxylic acids is 2. The minimum absolute atomic E-state index is 0.0655. The molecule has 6 aliphatic heterocycles. The fourth-order valence-corrected chi connectivity index (χ4v) is 30.1. The lowest BCUT2D eigenvalue weighted by molar-refractivity contribution is -0.158. The Morgan fingerprint density at radius 3 is 0.932 bits per heavy atom. The molecule has 22 nitrogen and oxygen atoms in total. The minimum atomic E-state index is -3.45. The van der Waals surface area contributed by atoms with Crippen LogP contribution in [0.2, 0.25) is 30.1 Å². The average Bonchev–Trinajstić information content (AvgIpc) is 1.51. The summed E-state index contributed by atoms with van der Waals surface area (Å²) in [7, 11) is -3.45. The summed E-state index contributed by atoms with van der Waals surface area (Å²) in [5.41, 5.74) is -7.93. The molecule has 0 unspecified atom stereocenters. The van der Waals surface area contributed by atoms with Gasteiger partial charge in [0.2, 0.25) is 35.4 Å². The molecule has 24 rings (SSSR count). The van der Waals surface area contributed by atoms with Crippen molar-refractivity contribution in [1.29, 1.82) is 0 Å². The van der Waals surface area contributed by atoms with Crippen molar-refractivity contribution < 1.29 is 79.3 Å². The van der Waals surface area contributed by atoms with Crippen LogP contribution in [-0.2, 0) is 69.2 Å². The van der Waals surface area contributed by atoms with Crippen LogP contribution in [0.3, 0.4) is 0 Å². The molecule has 9 atom stereocenters. The maximum Gasteiger partial charge on any atom is 0.309 e. The van der Waals surface area contributed by atoms with Crippen molar-refractivity contribution in [2.75, 3.05) is 28.0 Å². The molecule has 0 aromatic heterocycles. The molecule has 6 amide bonds. The Kier molecular flexibility index (Phi) is 23.4. The number of hydrogen-bond donors (Lipinski definition) is 11. The van der Waals surface area contributed by atoms with Gasteiger partial charge < -0.3 is 42.1 Å².